The van der Waals surface area contributed by atoms with Crippen LogP contribution in [0.3, 0.4) is 0 Å². The molecule has 0 radical (unpaired) electrons. The van der Waals surface area contributed by atoms with Gasteiger partial charge in [0.1, 0.15) is 5.82 Å². The number of hydrogen-bond acceptors (Lipinski definition) is 5. The summed E-state index contributed by atoms with van der Waals surface area (Å²) in [4.78, 5) is 13.1. The van der Waals surface area contributed by atoms with Crippen LogP contribution in [-0.2, 0) is 6.42 Å². The van der Waals surface area contributed by atoms with E-state index in [0.717, 1.165) is 29.3 Å². The van der Waals surface area contributed by atoms with Crippen LogP contribution in [-0.4, -0.2) is 30.6 Å². The number of rotatable bonds is 5. The molecule has 0 fully saturated rings. The highest BCUT2D eigenvalue weighted by Gasteiger charge is 2.12. The number of fused-ring (bicyclic) bond motifs is 1. The van der Waals surface area contributed by atoms with Crippen LogP contribution >= 0.6 is 0 Å². The van der Waals surface area contributed by atoms with Crippen molar-refractivity contribution in [3.8, 4) is 0 Å². The highest BCUT2D eigenvalue weighted by molar-refractivity contribution is 5.50. The molecule has 6 heteroatoms. The Morgan fingerprint density at radius 3 is 2.77 bits per heavy atom. The molecule has 6 nitrogen and oxygen atoms in total. The zero-order valence-corrected chi connectivity index (χ0v) is 13.1. The van der Waals surface area contributed by atoms with Crippen LogP contribution in [0.25, 0.3) is 5.65 Å². The van der Waals surface area contributed by atoms with Crippen LogP contribution in [0.5, 0.6) is 0 Å². The van der Waals surface area contributed by atoms with Crippen LogP contribution in [0.15, 0.2) is 36.9 Å². The minimum Gasteiger partial charge on any atom is -0.367 e. The second kappa shape index (κ2) is 6.09. The Bertz CT molecular complexity index is 750. The average Bonchev–Trinajstić information content (AvgIpc) is 2.96. The topological polar surface area (TPSA) is 68.0 Å². The average molecular weight is 296 g/mol. The monoisotopic (exact) mass is 296 g/mol. The van der Waals surface area contributed by atoms with E-state index >= 15 is 0 Å². The van der Waals surface area contributed by atoms with Gasteiger partial charge in [0.25, 0.3) is 0 Å². The van der Waals surface area contributed by atoms with Gasteiger partial charge in [-0.15, -0.1) is 0 Å². The first kappa shape index (κ1) is 14.4. The maximum absolute atomic E-state index is 4.62. The van der Waals surface area contributed by atoms with E-state index in [2.05, 4.69) is 52.2 Å². The van der Waals surface area contributed by atoms with Gasteiger partial charge in [-0.2, -0.15) is 9.61 Å². The second-order valence-electron chi connectivity index (χ2n) is 5.77. The molecule has 0 saturated heterocycles. The van der Waals surface area contributed by atoms with Gasteiger partial charge >= 0.3 is 0 Å². The number of hydrogen-bond donors (Lipinski definition) is 1. The lowest BCUT2D eigenvalue weighted by atomic mass is 10.1. The predicted octanol–water partition coefficient (Wildman–Crippen LogP) is 2.69. The standard InChI is InChI=1S/C16H20N6/c1-11(2)14-9-16(22-15(21-14)4-5-19-22)20-12(3)8-13-10-17-6-7-18-13/h4-7,9-12,20H,8H2,1-3H3/t12-/m0/s1. The van der Waals surface area contributed by atoms with E-state index < -0.39 is 0 Å². The summed E-state index contributed by atoms with van der Waals surface area (Å²) in [5.74, 6) is 1.32. The van der Waals surface area contributed by atoms with Crippen molar-refractivity contribution in [1.29, 1.82) is 0 Å². The molecule has 0 unspecified atom stereocenters. The zero-order chi connectivity index (χ0) is 15.5. The molecule has 0 bridgehead atoms. The molecule has 1 atom stereocenters. The summed E-state index contributed by atoms with van der Waals surface area (Å²) >= 11 is 0. The molecule has 1 N–H and O–H groups in total. The van der Waals surface area contributed by atoms with E-state index in [1.54, 1.807) is 24.8 Å². The molecule has 3 aromatic rings. The normalized spacial score (nSPS) is 12.7. The summed E-state index contributed by atoms with van der Waals surface area (Å²) in [6.07, 6.45) is 7.78. The van der Waals surface area contributed by atoms with Crippen molar-refractivity contribution in [1.82, 2.24) is 24.6 Å². The van der Waals surface area contributed by atoms with E-state index in [1.807, 2.05) is 10.6 Å². The van der Waals surface area contributed by atoms with Crippen molar-refractivity contribution in [3.63, 3.8) is 0 Å². The first-order valence-electron chi connectivity index (χ1n) is 7.49. The Labute approximate surface area is 129 Å². The molecule has 0 amide bonds. The highest BCUT2D eigenvalue weighted by atomic mass is 15.3. The van der Waals surface area contributed by atoms with Crippen LogP contribution in [0.2, 0.25) is 0 Å². The molecule has 0 aliphatic rings. The summed E-state index contributed by atoms with van der Waals surface area (Å²) in [5.41, 5.74) is 2.89. The summed E-state index contributed by atoms with van der Waals surface area (Å²) in [5, 5.41) is 7.85. The Kier molecular flexibility index (Phi) is 4.00. The maximum Gasteiger partial charge on any atom is 0.157 e. The quantitative estimate of drug-likeness (QED) is 0.784. The van der Waals surface area contributed by atoms with Crippen molar-refractivity contribution in [3.05, 3.63) is 48.3 Å². The summed E-state index contributed by atoms with van der Waals surface area (Å²) in [6.45, 7) is 6.41. The minimum atomic E-state index is 0.214. The van der Waals surface area contributed by atoms with Gasteiger partial charge in [-0.05, 0) is 12.8 Å². The predicted molar refractivity (Wildman–Crippen MR) is 85.9 cm³/mol. The number of nitrogens with zero attached hydrogens (tertiary/aromatic N) is 5. The SMILES string of the molecule is CC(C)c1cc(N[C@@H](C)Cc2cnccn2)n2nccc2n1. The first-order valence-corrected chi connectivity index (χ1v) is 7.49. The zero-order valence-electron chi connectivity index (χ0n) is 13.1. The van der Waals surface area contributed by atoms with Gasteiger partial charge < -0.3 is 5.32 Å². The van der Waals surface area contributed by atoms with Crippen LogP contribution in [0.1, 0.15) is 38.1 Å². The third-order valence-corrected chi connectivity index (χ3v) is 3.50. The molecule has 0 spiro atoms. The Morgan fingerprint density at radius 1 is 1.18 bits per heavy atom. The molecule has 22 heavy (non-hydrogen) atoms. The van der Waals surface area contributed by atoms with E-state index in [9.17, 15) is 0 Å². The van der Waals surface area contributed by atoms with Gasteiger partial charge in [0.05, 0.1) is 11.9 Å². The largest absolute Gasteiger partial charge is 0.367 e. The van der Waals surface area contributed by atoms with Crippen molar-refractivity contribution in [2.45, 2.75) is 39.2 Å². The fourth-order valence-corrected chi connectivity index (χ4v) is 2.38. The molecule has 3 rings (SSSR count). The van der Waals surface area contributed by atoms with Crippen molar-refractivity contribution < 1.29 is 0 Å². The third-order valence-electron chi connectivity index (χ3n) is 3.50. The molecular weight excluding hydrogens is 276 g/mol. The van der Waals surface area contributed by atoms with E-state index in [-0.39, 0.29) is 6.04 Å². The number of anilines is 1. The molecule has 0 saturated carbocycles. The van der Waals surface area contributed by atoms with Crippen LogP contribution in [0, 0.1) is 0 Å². The first-order chi connectivity index (χ1) is 10.6. The van der Waals surface area contributed by atoms with E-state index in [4.69, 9.17) is 0 Å². The molecule has 3 heterocycles. The minimum absolute atomic E-state index is 0.214. The molecule has 114 valence electrons. The lowest BCUT2D eigenvalue weighted by molar-refractivity contribution is 0.744. The summed E-state index contributed by atoms with van der Waals surface area (Å²) in [6, 6.07) is 4.20. The summed E-state index contributed by atoms with van der Waals surface area (Å²) < 4.78 is 1.83. The molecule has 0 aliphatic heterocycles. The van der Waals surface area contributed by atoms with Crippen LogP contribution in [0.4, 0.5) is 5.82 Å². The van der Waals surface area contributed by atoms with Gasteiger partial charge in [-0.1, -0.05) is 13.8 Å². The summed E-state index contributed by atoms with van der Waals surface area (Å²) in [7, 11) is 0. The lowest BCUT2D eigenvalue weighted by Crippen LogP contribution is -2.21. The van der Waals surface area contributed by atoms with E-state index in [0.29, 0.717) is 5.92 Å². The fraction of sp³-hybridized carbons (Fsp3) is 0.375. The molecule has 0 aromatic carbocycles. The highest BCUT2D eigenvalue weighted by Crippen LogP contribution is 2.19. The van der Waals surface area contributed by atoms with Crippen molar-refractivity contribution in [2.75, 3.05) is 5.32 Å². The number of nitrogens with one attached hydrogen (secondary N) is 1. The van der Waals surface area contributed by atoms with Gasteiger partial charge in [0.15, 0.2) is 5.65 Å². The smallest absolute Gasteiger partial charge is 0.157 e. The fourth-order valence-electron chi connectivity index (χ4n) is 2.38. The van der Waals surface area contributed by atoms with Crippen molar-refractivity contribution >= 4 is 11.5 Å². The van der Waals surface area contributed by atoms with Gasteiger partial charge in [-0.3, -0.25) is 9.97 Å². The van der Waals surface area contributed by atoms with Crippen molar-refractivity contribution in [2.24, 2.45) is 0 Å². The Balaban J connectivity index is 1.84. The van der Waals surface area contributed by atoms with Gasteiger partial charge in [0, 0.05) is 48.9 Å². The lowest BCUT2D eigenvalue weighted by Gasteiger charge is -2.17. The molecule has 0 aliphatic carbocycles. The second-order valence-corrected chi connectivity index (χ2v) is 5.77. The molecular formula is C16H20N6. The third kappa shape index (κ3) is 3.05. The van der Waals surface area contributed by atoms with Gasteiger partial charge in [0.2, 0.25) is 0 Å². The molecule has 3 aromatic heterocycles. The maximum atomic E-state index is 4.62. The van der Waals surface area contributed by atoms with Crippen LogP contribution < -0.4 is 5.32 Å². The Morgan fingerprint density at radius 2 is 2.05 bits per heavy atom. The van der Waals surface area contributed by atoms with Gasteiger partial charge in [-0.25, -0.2) is 4.98 Å². The van der Waals surface area contributed by atoms with E-state index in [1.165, 1.54) is 0 Å². The number of aromatic nitrogens is 5. The Hall–Kier alpha value is -2.50.